The molecule has 0 saturated heterocycles. The fourth-order valence-corrected chi connectivity index (χ4v) is 3.13. The summed E-state index contributed by atoms with van der Waals surface area (Å²) in [5.41, 5.74) is 5.31. The Morgan fingerprint density at radius 1 is 1.04 bits per heavy atom. The van der Waals surface area contributed by atoms with Gasteiger partial charge >= 0.3 is 0 Å². The standard InChI is InChI=1S/C20H25ClN2O/c1-12-9-13(2)19(14(3)10-12)23-20(24)16(5)22-15(4)17-7-6-8-18(21)11-17/h6-11,15-16,22H,1-5H3,(H,23,24)/t15-,16+/m0/s1. The van der Waals surface area contributed by atoms with Gasteiger partial charge in [-0.2, -0.15) is 0 Å². The molecule has 3 nitrogen and oxygen atoms in total. The molecule has 2 aromatic rings. The molecule has 0 aromatic heterocycles. The van der Waals surface area contributed by atoms with Gasteiger partial charge in [0, 0.05) is 16.8 Å². The van der Waals surface area contributed by atoms with Crippen LogP contribution in [0.25, 0.3) is 0 Å². The van der Waals surface area contributed by atoms with Crippen molar-refractivity contribution < 1.29 is 4.79 Å². The molecule has 1 amide bonds. The van der Waals surface area contributed by atoms with Gasteiger partial charge in [0.05, 0.1) is 6.04 Å². The molecule has 0 heterocycles. The largest absolute Gasteiger partial charge is 0.324 e. The van der Waals surface area contributed by atoms with Gasteiger partial charge in [-0.3, -0.25) is 10.1 Å². The molecule has 2 N–H and O–H groups in total. The third kappa shape index (κ3) is 4.59. The molecular formula is C20H25ClN2O. The van der Waals surface area contributed by atoms with Crippen molar-refractivity contribution >= 4 is 23.2 Å². The summed E-state index contributed by atoms with van der Waals surface area (Å²) in [5.74, 6) is -0.0427. The maximum atomic E-state index is 12.5. The molecule has 0 radical (unpaired) electrons. The number of hydrogen-bond donors (Lipinski definition) is 2. The summed E-state index contributed by atoms with van der Waals surface area (Å²) in [6.07, 6.45) is 0. The Balaban J connectivity index is 2.05. The van der Waals surface area contributed by atoms with Crippen LogP contribution in [0.3, 0.4) is 0 Å². The van der Waals surface area contributed by atoms with Gasteiger partial charge in [0.2, 0.25) is 5.91 Å². The number of nitrogens with one attached hydrogen (secondary N) is 2. The molecule has 0 aliphatic rings. The molecule has 0 aliphatic carbocycles. The van der Waals surface area contributed by atoms with Crippen molar-refractivity contribution in [2.75, 3.05) is 5.32 Å². The van der Waals surface area contributed by atoms with Crippen molar-refractivity contribution in [3.63, 3.8) is 0 Å². The molecule has 0 fully saturated rings. The predicted octanol–water partition coefficient (Wildman–Crippen LogP) is 4.94. The highest BCUT2D eigenvalue weighted by Gasteiger charge is 2.18. The van der Waals surface area contributed by atoms with Crippen molar-refractivity contribution in [3.05, 3.63) is 63.7 Å². The monoisotopic (exact) mass is 344 g/mol. The van der Waals surface area contributed by atoms with E-state index in [1.807, 2.05) is 52.0 Å². The number of aryl methyl sites for hydroxylation is 3. The van der Waals surface area contributed by atoms with Gasteiger partial charge in [-0.05, 0) is 63.4 Å². The maximum Gasteiger partial charge on any atom is 0.241 e. The highest BCUT2D eigenvalue weighted by Crippen LogP contribution is 2.22. The van der Waals surface area contributed by atoms with Crippen LogP contribution in [0.5, 0.6) is 0 Å². The van der Waals surface area contributed by atoms with Crippen molar-refractivity contribution in [1.82, 2.24) is 5.32 Å². The van der Waals surface area contributed by atoms with E-state index in [2.05, 4.69) is 29.7 Å². The number of carbonyl (C=O) groups excluding carboxylic acids is 1. The first-order chi connectivity index (χ1) is 11.3. The number of carbonyl (C=O) groups is 1. The molecule has 0 unspecified atom stereocenters. The lowest BCUT2D eigenvalue weighted by Gasteiger charge is -2.21. The van der Waals surface area contributed by atoms with Gasteiger partial charge in [0.1, 0.15) is 0 Å². The first-order valence-electron chi connectivity index (χ1n) is 8.18. The van der Waals surface area contributed by atoms with Crippen LogP contribution < -0.4 is 10.6 Å². The SMILES string of the molecule is Cc1cc(C)c(NC(=O)[C@@H](C)N[C@@H](C)c2cccc(Cl)c2)c(C)c1. The topological polar surface area (TPSA) is 41.1 Å². The Bertz CT molecular complexity index is 719. The van der Waals surface area contributed by atoms with E-state index in [9.17, 15) is 4.79 Å². The lowest BCUT2D eigenvalue weighted by Crippen LogP contribution is -2.39. The second kappa shape index (κ2) is 7.82. The van der Waals surface area contributed by atoms with Crippen LogP contribution >= 0.6 is 11.6 Å². The zero-order valence-electron chi connectivity index (χ0n) is 14.9. The van der Waals surface area contributed by atoms with Crippen molar-refractivity contribution in [2.24, 2.45) is 0 Å². The average molecular weight is 345 g/mol. The molecule has 0 spiro atoms. The normalized spacial score (nSPS) is 13.4. The maximum absolute atomic E-state index is 12.5. The fourth-order valence-electron chi connectivity index (χ4n) is 2.93. The Morgan fingerprint density at radius 3 is 2.25 bits per heavy atom. The highest BCUT2D eigenvalue weighted by molar-refractivity contribution is 6.30. The Morgan fingerprint density at radius 2 is 1.67 bits per heavy atom. The molecule has 0 saturated carbocycles. The average Bonchev–Trinajstić information content (AvgIpc) is 2.50. The van der Waals surface area contributed by atoms with E-state index >= 15 is 0 Å². The van der Waals surface area contributed by atoms with Crippen molar-refractivity contribution in [3.8, 4) is 0 Å². The quantitative estimate of drug-likeness (QED) is 0.806. The predicted molar refractivity (Wildman–Crippen MR) is 102 cm³/mol. The smallest absolute Gasteiger partial charge is 0.241 e. The van der Waals surface area contributed by atoms with Crippen LogP contribution in [0, 0.1) is 20.8 Å². The summed E-state index contributed by atoms with van der Waals surface area (Å²) < 4.78 is 0. The number of halogens is 1. The lowest BCUT2D eigenvalue weighted by atomic mass is 10.0. The number of rotatable bonds is 5. The molecule has 2 atom stereocenters. The van der Waals surface area contributed by atoms with Gasteiger partial charge in [-0.15, -0.1) is 0 Å². The van der Waals surface area contributed by atoms with E-state index in [0.717, 1.165) is 22.4 Å². The molecule has 2 aromatic carbocycles. The lowest BCUT2D eigenvalue weighted by molar-refractivity contribution is -0.117. The number of amides is 1. The molecule has 24 heavy (non-hydrogen) atoms. The van der Waals surface area contributed by atoms with Crippen molar-refractivity contribution in [1.29, 1.82) is 0 Å². The molecule has 2 rings (SSSR count). The second-order valence-electron chi connectivity index (χ2n) is 6.43. The van der Waals surface area contributed by atoms with Gasteiger partial charge in [0.15, 0.2) is 0 Å². The van der Waals surface area contributed by atoms with Crippen LogP contribution in [-0.4, -0.2) is 11.9 Å². The minimum absolute atomic E-state index is 0.0321. The highest BCUT2D eigenvalue weighted by atomic mass is 35.5. The Kier molecular flexibility index (Phi) is 6.03. The molecular weight excluding hydrogens is 320 g/mol. The summed E-state index contributed by atoms with van der Waals surface area (Å²) in [5, 5.41) is 7.07. The molecule has 0 aliphatic heterocycles. The van der Waals surface area contributed by atoms with Gasteiger partial charge in [-0.1, -0.05) is 41.4 Å². The number of benzene rings is 2. The first kappa shape index (κ1) is 18.5. The zero-order valence-corrected chi connectivity index (χ0v) is 15.7. The second-order valence-corrected chi connectivity index (χ2v) is 6.86. The summed E-state index contributed by atoms with van der Waals surface area (Å²) in [6, 6.07) is 11.5. The Hall–Kier alpha value is -1.84. The van der Waals surface area contributed by atoms with E-state index in [0.29, 0.717) is 5.02 Å². The third-order valence-corrected chi connectivity index (χ3v) is 4.40. The van der Waals surface area contributed by atoms with E-state index in [-0.39, 0.29) is 18.0 Å². The first-order valence-corrected chi connectivity index (χ1v) is 8.56. The Labute approximate surface area is 149 Å². The summed E-state index contributed by atoms with van der Waals surface area (Å²) in [4.78, 5) is 12.5. The molecule has 4 heteroatoms. The minimum atomic E-state index is -0.320. The van der Waals surface area contributed by atoms with Gasteiger partial charge < -0.3 is 5.32 Å². The fraction of sp³-hybridized carbons (Fsp3) is 0.350. The van der Waals surface area contributed by atoms with Crippen LogP contribution in [0.4, 0.5) is 5.69 Å². The number of anilines is 1. The summed E-state index contributed by atoms with van der Waals surface area (Å²) >= 11 is 6.04. The third-order valence-electron chi connectivity index (χ3n) is 4.17. The van der Waals surface area contributed by atoms with Gasteiger partial charge in [0.25, 0.3) is 0 Å². The van der Waals surface area contributed by atoms with Crippen LogP contribution in [0.15, 0.2) is 36.4 Å². The summed E-state index contributed by atoms with van der Waals surface area (Å²) in [6.45, 7) is 9.99. The van der Waals surface area contributed by atoms with E-state index < -0.39 is 0 Å². The zero-order chi connectivity index (χ0) is 17.9. The van der Waals surface area contributed by atoms with E-state index in [4.69, 9.17) is 11.6 Å². The van der Waals surface area contributed by atoms with Crippen LogP contribution in [0.2, 0.25) is 5.02 Å². The van der Waals surface area contributed by atoms with Crippen molar-refractivity contribution in [2.45, 2.75) is 46.7 Å². The molecule has 128 valence electrons. The van der Waals surface area contributed by atoms with Gasteiger partial charge in [-0.25, -0.2) is 0 Å². The summed E-state index contributed by atoms with van der Waals surface area (Å²) in [7, 11) is 0. The van der Waals surface area contributed by atoms with E-state index in [1.54, 1.807) is 0 Å². The number of hydrogen-bond acceptors (Lipinski definition) is 2. The van der Waals surface area contributed by atoms with Crippen LogP contribution in [0.1, 0.15) is 42.1 Å². The minimum Gasteiger partial charge on any atom is -0.324 e. The molecule has 0 bridgehead atoms. The van der Waals surface area contributed by atoms with E-state index in [1.165, 1.54) is 5.56 Å². The van der Waals surface area contributed by atoms with Crippen LogP contribution in [-0.2, 0) is 4.79 Å².